The van der Waals surface area contributed by atoms with Crippen LogP contribution >= 0.6 is 0 Å². The second-order valence-corrected chi connectivity index (χ2v) is 8.54. The number of aryl methyl sites for hydroxylation is 1. The van der Waals surface area contributed by atoms with Crippen LogP contribution in [-0.4, -0.2) is 129 Å². The van der Waals surface area contributed by atoms with Crippen molar-refractivity contribution >= 4 is 5.97 Å². The third-order valence-corrected chi connectivity index (χ3v) is 6.05. The Hall–Kier alpha value is -2.11. The number of carbonyl (C=O) groups is 1. The molecule has 1 aromatic carbocycles. The Morgan fingerprint density at radius 3 is 2.11 bits per heavy atom. The number of methoxy groups -OCH3 is 1. The van der Waals surface area contributed by atoms with E-state index in [1.165, 1.54) is 19.2 Å². The van der Waals surface area contributed by atoms with Gasteiger partial charge in [-0.15, -0.1) is 0 Å². The predicted molar refractivity (Wildman–Crippen MR) is 115 cm³/mol. The molecular weight excluding hydrogens is 488 g/mol. The van der Waals surface area contributed by atoms with Crippen molar-refractivity contribution < 1.29 is 69.3 Å². The van der Waals surface area contributed by atoms with Gasteiger partial charge in [0.1, 0.15) is 48.8 Å². The van der Waals surface area contributed by atoms with E-state index in [-0.39, 0.29) is 17.9 Å². The highest BCUT2D eigenvalue weighted by Crippen LogP contribution is 2.32. The minimum absolute atomic E-state index is 0.0980. The average Bonchev–Trinajstić information content (AvgIpc) is 2.87. The van der Waals surface area contributed by atoms with Crippen LogP contribution in [0.1, 0.15) is 12.0 Å². The lowest BCUT2D eigenvalue weighted by molar-refractivity contribution is -0.323. The van der Waals surface area contributed by atoms with Gasteiger partial charge >= 0.3 is 5.97 Å². The van der Waals surface area contributed by atoms with Gasteiger partial charge in [-0.25, -0.2) is 0 Å². The van der Waals surface area contributed by atoms with E-state index in [0.29, 0.717) is 12.0 Å². The molecule has 10 atom stereocenters. The van der Waals surface area contributed by atoms with Crippen LogP contribution in [0.15, 0.2) is 18.2 Å². The fourth-order valence-corrected chi connectivity index (χ4v) is 3.84. The van der Waals surface area contributed by atoms with Crippen LogP contribution in [0.2, 0.25) is 0 Å². The molecular formula is C22H32O14. The Bertz CT molecular complexity index is 865. The number of aliphatic hydroxyl groups excluding tert-OH is 7. The van der Waals surface area contributed by atoms with Gasteiger partial charge in [0.15, 0.2) is 17.8 Å². The number of aliphatic hydroxyl groups is 7. The summed E-state index contributed by atoms with van der Waals surface area (Å²) in [6, 6.07) is 4.28. The number of phenolic OH excluding ortho intramolecular Hbond substituents is 1. The van der Waals surface area contributed by atoms with E-state index in [1.54, 1.807) is 6.07 Å². The van der Waals surface area contributed by atoms with E-state index in [1.807, 2.05) is 0 Å². The van der Waals surface area contributed by atoms with Gasteiger partial charge in [0.2, 0.25) is 6.29 Å². The zero-order chi connectivity index (χ0) is 26.6. The van der Waals surface area contributed by atoms with Crippen LogP contribution in [0.25, 0.3) is 0 Å². The Morgan fingerprint density at radius 1 is 0.889 bits per heavy atom. The van der Waals surface area contributed by atoms with Gasteiger partial charge in [-0.05, 0) is 24.1 Å². The summed E-state index contributed by atoms with van der Waals surface area (Å²) in [6.07, 6.45) is -15.3. The summed E-state index contributed by atoms with van der Waals surface area (Å²) in [5.41, 5.74) is 0.608. The van der Waals surface area contributed by atoms with E-state index in [4.69, 9.17) is 18.9 Å². The summed E-state index contributed by atoms with van der Waals surface area (Å²) in [6.45, 7) is -1.19. The molecule has 14 heteroatoms. The van der Waals surface area contributed by atoms with Crippen molar-refractivity contribution in [3.8, 4) is 11.5 Å². The number of carbonyl (C=O) groups excluding carboxylic acids is 1. The third kappa shape index (κ3) is 6.41. The van der Waals surface area contributed by atoms with E-state index in [9.17, 15) is 45.6 Å². The summed E-state index contributed by atoms with van der Waals surface area (Å²) >= 11 is 0. The summed E-state index contributed by atoms with van der Waals surface area (Å²) in [4.78, 5) is 11.3. The van der Waals surface area contributed by atoms with Gasteiger partial charge in [-0.2, -0.15) is 0 Å². The van der Waals surface area contributed by atoms with Crippen molar-refractivity contribution in [3.63, 3.8) is 0 Å². The summed E-state index contributed by atoms with van der Waals surface area (Å²) in [7, 11) is 1.26. The van der Waals surface area contributed by atoms with Crippen molar-refractivity contribution in [1.82, 2.24) is 0 Å². The number of rotatable bonds is 9. The number of ether oxygens (including phenoxy) is 5. The molecule has 1 aromatic rings. The molecule has 10 unspecified atom stereocenters. The van der Waals surface area contributed by atoms with Crippen LogP contribution in [0.5, 0.6) is 11.5 Å². The van der Waals surface area contributed by atoms with Gasteiger partial charge in [-0.1, -0.05) is 6.07 Å². The first-order chi connectivity index (χ1) is 17.1. The molecule has 36 heavy (non-hydrogen) atoms. The molecule has 3 rings (SSSR count). The molecule has 0 aromatic heterocycles. The van der Waals surface area contributed by atoms with Crippen molar-refractivity contribution in [2.24, 2.45) is 0 Å². The lowest BCUT2D eigenvalue weighted by Crippen LogP contribution is -2.62. The third-order valence-electron chi connectivity index (χ3n) is 6.05. The predicted octanol–water partition coefficient (Wildman–Crippen LogP) is -3.50. The van der Waals surface area contributed by atoms with Gasteiger partial charge in [0.25, 0.3) is 0 Å². The molecule has 2 fully saturated rings. The van der Waals surface area contributed by atoms with Crippen LogP contribution in [0, 0.1) is 0 Å². The number of phenols is 1. The molecule has 0 bridgehead atoms. The minimum atomic E-state index is -1.74. The smallest absolute Gasteiger partial charge is 0.305 e. The molecule has 0 saturated carbocycles. The molecule has 2 aliphatic heterocycles. The topological polar surface area (TPSA) is 225 Å². The zero-order valence-electron chi connectivity index (χ0n) is 19.4. The Morgan fingerprint density at radius 2 is 1.50 bits per heavy atom. The fraction of sp³-hybridized carbons (Fsp3) is 0.682. The Kier molecular flexibility index (Phi) is 9.82. The van der Waals surface area contributed by atoms with Crippen molar-refractivity contribution in [2.75, 3.05) is 20.3 Å². The zero-order valence-corrected chi connectivity index (χ0v) is 19.4. The van der Waals surface area contributed by atoms with Crippen LogP contribution in [-0.2, 0) is 30.2 Å². The average molecular weight is 520 g/mol. The Balaban J connectivity index is 1.63. The highest BCUT2D eigenvalue weighted by molar-refractivity contribution is 5.69. The molecule has 0 radical (unpaired) electrons. The molecule has 2 heterocycles. The van der Waals surface area contributed by atoms with Crippen LogP contribution < -0.4 is 4.74 Å². The molecule has 14 nitrogen and oxygen atoms in total. The second-order valence-electron chi connectivity index (χ2n) is 8.54. The fourth-order valence-electron chi connectivity index (χ4n) is 3.84. The maximum Gasteiger partial charge on any atom is 0.305 e. The molecule has 0 aliphatic carbocycles. The van der Waals surface area contributed by atoms with Gasteiger partial charge < -0.3 is 64.5 Å². The minimum Gasteiger partial charge on any atom is -0.504 e. The first-order valence-corrected chi connectivity index (χ1v) is 11.2. The van der Waals surface area contributed by atoms with Crippen molar-refractivity contribution in [1.29, 1.82) is 0 Å². The molecule has 204 valence electrons. The Labute approximate surface area is 205 Å². The van der Waals surface area contributed by atoms with E-state index in [2.05, 4.69) is 4.74 Å². The van der Waals surface area contributed by atoms with Gasteiger partial charge in [-0.3, -0.25) is 4.79 Å². The normalized spacial score (nSPS) is 36.9. The van der Waals surface area contributed by atoms with Crippen molar-refractivity contribution in [3.05, 3.63) is 23.8 Å². The molecule has 2 saturated heterocycles. The van der Waals surface area contributed by atoms with Crippen molar-refractivity contribution in [2.45, 2.75) is 74.3 Å². The molecule has 0 spiro atoms. The number of benzene rings is 1. The van der Waals surface area contributed by atoms with Gasteiger partial charge in [0, 0.05) is 6.42 Å². The number of aromatic hydroxyl groups is 1. The highest BCUT2D eigenvalue weighted by atomic mass is 16.7. The SMILES string of the molecule is COC(=O)CCc1ccc(OC2OC(COC3OC(CO)C(O)C(O)C3O)C(O)C(O)C2O)c(O)c1. The molecule has 2 aliphatic rings. The van der Waals surface area contributed by atoms with E-state index < -0.39 is 80.6 Å². The maximum absolute atomic E-state index is 11.3. The number of hydrogen-bond donors (Lipinski definition) is 8. The highest BCUT2D eigenvalue weighted by Gasteiger charge is 2.48. The van der Waals surface area contributed by atoms with Crippen LogP contribution in [0.3, 0.4) is 0 Å². The number of esters is 1. The number of hydrogen-bond acceptors (Lipinski definition) is 14. The standard InChI is InChI=1S/C22H32O14/c1-32-14(25)5-3-9-2-4-11(10(24)6-9)34-22-20(31)18(29)16(27)13(36-22)8-33-21-19(30)17(28)15(26)12(7-23)35-21/h2,4,6,12-13,15-24,26-31H,3,5,7-8H2,1H3. The molecule has 0 amide bonds. The summed E-state index contributed by atoms with van der Waals surface area (Å²) in [5, 5.41) is 80.2. The quantitative estimate of drug-likeness (QED) is 0.148. The first kappa shape index (κ1) is 28.5. The lowest BCUT2D eigenvalue weighted by atomic mass is 9.98. The van der Waals surface area contributed by atoms with Gasteiger partial charge in [0.05, 0.1) is 20.3 Å². The van der Waals surface area contributed by atoms with E-state index >= 15 is 0 Å². The summed E-state index contributed by atoms with van der Waals surface area (Å²) < 4.78 is 26.2. The maximum atomic E-state index is 11.3. The second kappa shape index (κ2) is 12.4. The van der Waals surface area contributed by atoms with Crippen LogP contribution in [0.4, 0.5) is 0 Å². The van der Waals surface area contributed by atoms with E-state index in [0.717, 1.165) is 0 Å². The summed E-state index contributed by atoms with van der Waals surface area (Å²) in [5.74, 6) is -0.862. The molecule has 8 N–H and O–H groups in total. The monoisotopic (exact) mass is 520 g/mol. The first-order valence-electron chi connectivity index (χ1n) is 11.2. The largest absolute Gasteiger partial charge is 0.504 e. The lowest BCUT2D eigenvalue weighted by Gasteiger charge is -2.42.